The summed E-state index contributed by atoms with van der Waals surface area (Å²) in [6, 6.07) is 12.7. The van der Waals surface area contributed by atoms with Crippen molar-refractivity contribution in [2.24, 2.45) is 0 Å². The summed E-state index contributed by atoms with van der Waals surface area (Å²) in [7, 11) is 0. The summed E-state index contributed by atoms with van der Waals surface area (Å²) in [6.45, 7) is 4.92. The van der Waals surface area contributed by atoms with Crippen molar-refractivity contribution in [3.8, 4) is 11.5 Å². The number of carbonyl (C=O) groups excluding carboxylic acids is 2. The van der Waals surface area contributed by atoms with Crippen LogP contribution in [0, 0.1) is 0 Å². The Labute approximate surface area is 176 Å². The molecule has 0 unspecified atom stereocenters. The Hall–Kier alpha value is -2.73. The standard InChI is InChI=1S/C22H26ClNO5/c1-3-27-19-10-7-17(13-20(19)28-4-2)14-22(26)29-15-21(25)24-12-11-16-5-8-18(23)9-6-16/h5-10,13H,3-4,11-12,14-15H2,1-2H3,(H,24,25). The Morgan fingerprint density at radius 3 is 2.28 bits per heavy atom. The van der Waals surface area contributed by atoms with E-state index in [1.54, 1.807) is 30.3 Å². The van der Waals surface area contributed by atoms with Crippen molar-refractivity contribution < 1.29 is 23.8 Å². The van der Waals surface area contributed by atoms with Crippen LogP contribution in [0.4, 0.5) is 0 Å². The molecule has 29 heavy (non-hydrogen) atoms. The first-order valence-corrected chi connectivity index (χ1v) is 9.94. The van der Waals surface area contributed by atoms with E-state index in [1.165, 1.54) is 0 Å². The van der Waals surface area contributed by atoms with Gasteiger partial charge >= 0.3 is 5.97 Å². The molecule has 7 heteroatoms. The van der Waals surface area contributed by atoms with Crippen molar-refractivity contribution in [1.29, 1.82) is 0 Å². The lowest BCUT2D eigenvalue weighted by Crippen LogP contribution is -2.30. The Bertz CT molecular complexity index is 807. The lowest BCUT2D eigenvalue weighted by molar-refractivity contribution is -0.147. The van der Waals surface area contributed by atoms with Crippen molar-refractivity contribution >= 4 is 23.5 Å². The lowest BCUT2D eigenvalue weighted by Gasteiger charge is -2.12. The smallest absolute Gasteiger partial charge is 0.310 e. The molecule has 0 saturated carbocycles. The fraction of sp³-hybridized carbons (Fsp3) is 0.364. The molecular formula is C22H26ClNO5. The van der Waals surface area contributed by atoms with Crippen LogP contribution in [0.1, 0.15) is 25.0 Å². The second-order valence-corrected chi connectivity index (χ2v) is 6.65. The normalized spacial score (nSPS) is 10.3. The fourth-order valence-corrected chi connectivity index (χ4v) is 2.74. The van der Waals surface area contributed by atoms with E-state index in [0.717, 1.165) is 11.1 Å². The minimum Gasteiger partial charge on any atom is -0.490 e. The number of carbonyl (C=O) groups is 2. The molecule has 0 bridgehead atoms. The minimum atomic E-state index is -0.482. The summed E-state index contributed by atoms with van der Waals surface area (Å²) in [5, 5.41) is 3.40. The maximum Gasteiger partial charge on any atom is 0.310 e. The van der Waals surface area contributed by atoms with E-state index in [-0.39, 0.29) is 18.9 Å². The Kier molecular flexibility index (Phi) is 9.31. The molecule has 0 aliphatic heterocycles. The third kappa shape index (κ3) is 8.03. The Balaban J connectivity index is 1.75. The largest absolute Gasteiger partial charge is 0.490 e. The number of hydrogen-bond donors (Lipinski definition) is 1. The molecular weight excluding hydrogens is 394 g/mol. The summed E-state index contributed by atoms with van der Waals surface area (Å²) in [5.41, 5.74) is 1.79. The van der Waals surface area contributed by atoms with Gasteiger partial charge in [0, 0.05) is 11.6 Å². The fourth-order valence-electron chi connectivity index (χ4n) is 2.62. The molecule has 2 rings (SSSR count). The lowest BCUT2D eigenvalue weighted by atomic mass is 10.1. The number of hydrogen-bond acceptors (Lipinski definition) is 5. The molecule has 0 saturated heterocycles. The minimum absolute atomic E-state index is 0.0462. The molecule has 0 fully saturated rings. The summed E-state index contributed by atoms with van der Waals surface area (Å²) < 4.78 is 16.1. The summed E-state index contributed by atoms with van der Waals surface area (Å²) in [5.74, 6) is 0.393. The molecule has 2 aromatic rings. The summed E-state index contributed by atoms with van der Waals surface area (Å²) in [4.78, 5) is 23.9. The van der Waals surface area contributed by atoms with Crippen LogP contribution >= 0.6 is 11.6 Å². The van der Waals surface area contributed by atoms with Gasteiger partial charge in [-0.3, -0.25) is 9.59 Å². The second kappa shape index (κ2) is 12.0. The molecule has 0 radical (unpaired) electrons. The zero-order chi connectivity index (χ0) is 21.1. The molecule has 6 nitrogen and oxygen atoms in total. The van der Waals surface area contributed by atoms with Gasteiger partial charge in [-0.15, -0.1) is 0 Å². The van der Waals surface area contributed by atoms with E-state index in [4.69, 9.17) is 25.8 Å². The van der Waals surface area contributed by atoms with Gasteiger partial charge < -0.3 is 19.5 Å². The number of nitrogens with one attached hydrogen (secondary N) is 1. The zero-order valence-corrected chi connectivity index (χ0v) is 17.5. The summed E-state index contributed by atoms with van der Waals surface area (Å²) in [6.07, 6.45) is 0.716. The quantitative estimate of drug-likeness (QED) is 0.563. The SMILES string of the molecule is CCOc1ccc(CC(=O)OCC(=O)NCCc2ccc(Cl)cc2)cc1OCC. The number of ether oxygens (including phenoxy) is 3. The van der Waals surface area contributed by atoms with Gasteiger partial charge in [0.05, 0.1) is 19.6 Å². The Morgan fingerprint density at radius 1 is 0.931 bits per heavy atom. The summed E-state index contributed by atoms with van der Waals surface area (Å²) >= 11 is 5.84. The van der Waals surface area contributed by atoms with Crippen LogP contribution in [-0.4, -0.2) is 38.2 Å². The third-order valence-electron chi connectivity index (χ3n) is 3.97. The van der Waals surface area contributed by atoms with Gasteiger partial charge in [-0.05, 0) is 55.7 Å². The number of benzene rings is 2. The molecule has 0 aromatic heterocycles. The first-order chi connectivity index (χ1) is 14.0. The van der Waals surface area contributed by atoms with Crippen LogP contribution in [0.25, 0.3) is 0 Å². The zero-order valence-electron chi connectivity index (χ0n) is 16.7. The van der Waals surface area contributed by atoms with Crippen LogP contribution in [0.2, 0.25) is 5.02 Å². The number of rotatable bonds is 11. The molecule has 0 spiro atoms. The van der Waals surface area contributed by atoms with Crippen molar-refractivity contribution in [2.75, 3.05) is 26.4 Å². The van der Waals surface area contributed by atoms with Gasteiger partial charge in [0.25, 0.3) is 5.91 Å². The van der Waals surface area contributed by atoms with E-state index in [2.05, 4.69) is 5.32 Å². The third-order valence-corrected chi connectivity index (χ3v) is 4.22. The molecule has 2 aromatic carbocycles. The number of halogens is 1. The monoisotopic (exact) mass is 419 g/mol. The topological polar surface area (TPSA) is 73.9 Å². The van der Waals surface area contributed by atoms with Gasteiger partial charge in [0.15, 0.2) is 18.1 Å². The highest BCUT2D eigenvalue weighted by Crippen LogP contribution is 2.28. The van der Waals surface area contributed by atoms with Crippen molar-refractivity contribution in [3.05, 3.63) is 58.6 Å². The predicted molar refractivity (Wildman–Crippen MR) is 112 cm³/mol. The average molecular weight is 420 g/mol. The van der Waals surface area contributed by atoms with Crippen LogP contribution in [-0.2, 0) is 27.2 Å². The number of amides is 1. The maximum absolute atomic E-state index is 12.0. The van der Waals surface area contributed by atoms with Crippen LogP contribution in [0.15, 0.2) is 42.5 Å². The predicted octanol–water partition coefficient (Wildman–Crippen LogP) is 3.58. The van der Waals surface area contributed by atoms with Crippen LogP contribution in [0.3, 0.4) is 0 Å². The highest BCUT2D eigenvalue weighted by atomic mass is 35.5. The van der Waals surface area contributed by atoms with Gasteiger partial charge in [-0.2, -0.15) is 0 Å². The van der Waals surface area contributed by atoms with Gasteiger partial charge in [0.1, 0.15) is 0 Å². The van der Waals surface area contributed by atoms with Gasteiger partial charge in [-0.25, -0.2) is 0 Å². The average Bonchev–Trinajstić information content (AvgIpc) is 2.70. The molecule has 0 aliphatic carbocycles. The molecule has 156 valence electrons. The van der Waals surface area contributed by atoms with E-state index in [0.29, 0.717) is 42.7 Å². The molecule has 0 heterocycles. The van der Waals surface area contributed by atoms with E-state index in [9.17, 15) is 9.59 Å². The van der Waals surface area contributed by atoms with Crippen molar-refractivity contribution in [1.82, 2.24) is 5.32 Å². The van der Waals surface area contributed by atoms with Gasteiger partial charge in [0.2, 0.25) is 0 Å². The Morgan fingerprint density at radius 2 is 1.59 bits per heavy atom. The van der Waals surface area contributed by atoms with E-state index >= 15 is 0 Å². The molecule has 0 aliphatic rings. The van der Waals surface area contributed by atoms with Crippen LogP contribution in [0.5, 0.6) is 11.5 Å². The van der Waals surface area contributed by atoms with Crippen molar-refractivity contribution in [2.45, 2.75) is 26.7 Å². The second-order valence-electron chi connectivity index (χ2n) is 6.21. The van der Waals surface area contributed by atoms with E-state index in [1.807, 2.05) is 26.0 Å². The molecule has 1 amide bonds. The molecule has 1 N–H and O–H groups in total. The van der Waals surface area contributed by atoms with Gasteiger partial charge in [-0.1, -0.05) is 29.8 Å². The van der Waals surface area contributed by atoms with E-state index < -0.39 is 5.97 Å². The molecule has 0 atom stereocenters. The maximum atomic E-state index is 12.0. The van der Waals surface area contributed by atoms with Crippen LogP contribution < -0.4 is 14.8 Å². The highest BCUT2D eigenvalue weighted by Gasteiger charge is 2.12. The number of esters is 1. The van der Waals surface area contributed by atoms with Crippen molar-refractivity contribution in [3.63, 3.8) is 0 Å². The first-order valence-electron chi connectivity index (χ1n) is 9.57. The first kappa shape index (κ1) is 22.6. The highest BCUT2D eigenvalue weighted by molar-refractivity contribution is 6.30.